The fraction of sp³-hybridized carbons (Fsp3) is 0.577. The molecular formula is C26H34N2O6. The second-order valence-electron chi connectivity index (χ2n) is 10.00. The number of benzene rings is 1. The van der Waals surface area contributed by atoms with Crippen LogP contribution < -0.4 is 0 Å². The Kier molecular flexibility index (Phi) is 6.57. The van der Waals surface area contributed by atoms with Gasteiger partial charge in [0.25, 0.3) is 0 Å². The molecule has 3 saturated heterocycles. The number of rotatable bonds is 10. The van der Waals surface area contributed by atoms with Gasteiger partial charge in [0.2, 0.25) is 11.8 Å². The molecule has 6 atom stereocenters. The molecule has 0 aliphatic carbocycles. The number of carboxylic acid groups (broad SMARTS) is 1. The zero-order valence-corrected chi connectivity index (χ0v) is 19.9. The Morgan fingerprint density at radius 3 is 2.62 bits per heavy atom. The van der Waals surface area contributed by atoms with Crippen LogP contribution in [0.4, 0.5) is 0 Å². The number of hydrogen-bond donors (Lipinski definition) is 2. The number of aliphatic hydroxyl groups excluding tert-OH is 1. The van der Waals surface area contributed by atoms with Crippen molar-refractivity contribution in [2.24, 2.45) is 17.8 Å². The van der Waals surface area contributed by atoms with Gasteiger partial charge in [-0.15, -0.1) is 6.58 Å². The van der Waals surface area contributed by atoms with E-state index in [1.807, 2.05) is 37.3 Å². The molecule has 3 aliphatic heterocycles. The molecule has 2 N–H and O–H groups in total. The van der Waals surface area contributed by atoms with Crippen LogP contribution in [0.3, 0.4) is 0 Å². The lowest BCUT2D eigenvalue weighted by Gasteiger charge is -2.37. The van der Waals surface area contributed by atoms with Crippen LogP contribution >= 0.6 is 0 Å². The molecule has 4 rings (SSSR count). The first-order valence-corrected chi connectivity index (χ1v) is 12.0. The minimum Gasteiger partial charge on any atom is -0.481 e. The maximum Gasteiger partial charge on any atom is 0.310 e. The summed E-state index contributed by atoms with van der Waals surface area (Å²) in [5, 5.41) is 19.4. The first-order chi connectivity index (χ1) is 16.2. The summed E-state index contributed by atoms with van der Waals surface area (Å²) in [5.41, 5.74) is -1.24. The fourth-order valence-electron chi connectivity index (χ4n) is 6.39. The van der Waals surface area contributed by atoms with E-state index < -0.39 is 35.0 Å². The third-order valence-corrected chi connectivity index (χ3v) is 8.00. The molecule has 3 unspecified atom stereocenters. The van der Waals surface area contributed by atoms with Crippen molar-refractivity contribution in [2.45, 2.75) is 56.9 Å². The van der Waals surface area contributed by atoms with Gasteiger partial charge in [-0.1, -0.05) is 43.3 Å². The molecule has 1 aromatic carbocycles. The molecule has 8 nitrogen and oxygen atoms in total. The predicted octanol–water partition coefficient (Wildman–Crippen LogP) is 2.07. The van der Waals surface area contributed by atoms with Gasteiger partial charge in [-0.3, -0.25) is 14.4 Å². The van der Waals surface area contributed by atoms with Gasteiger partial charge in [-0.25, -0.2) is 0 Å². The number of carbonyl (C=O) groups is 3. The molecule has 3 fully saturated rings. The van der Waals surface area contributed by atoms with E-state index in [1.54, 1.807) is 17.9 Å². The normalized spacial score (nSPS) is 33.7. The quantitative estimate of drug-likeness (QED) is 0.400. The van der Waals surface area contributed by atoms with Gasteiger partial charge in [-0.05, 0) is 37.7 Å². The standard InChI is InChI=1S/C26H34N2O6/c1-4-12-27(16-18-10-6-5-7-11-18)23(31)21-26-15-17(2)25(3,34-26)20(24(32)33)19(26)22(30)28(21)13-8-9-14-29/h4-7,10-11,17,19-21,29H,1,8-9,12-16H2,2-3H3,(H,32,33)/t17?,19-,20-,21?,25+,26?/m0/s1. The number of ether oxygens (including phenoxy) is 1. The van der Waals surface area contributed by atoms with Crippen LogP contribution in [-0.2, 0) is 25.7 Å². The lowest BCUT2D eigenvalue weighted by atomic mass is 9.62. The van der Waals surface area contributed by atoms with Crippen molar-refractivity contribution in [1.82, 2.24) is 9.80 Å². The molecule has 184 valence electrons. The van der Waals surface area contributed by atoms with Crippen LogP contribution in [-0.4, -0.2) is 74.7 Å². The van der Waals surface area contributed by atoms with Crippen molar-refractivity contribution < 1.29 is 29.3 Å². The van der Waals surface area contributed by atoms with Crippen LogP contribution in [0, 0.1) is 17.8 Å². The van der Waals surface area contributed by atoms with Crippen LogP contribution in [0.25, 0.3) is 0 Å². The third kappa shape index (κ3) is 3.64. The largest absolute Gasteiger partial charge is 0.481 e. The van der Waals surface area contributed by atoms with E-state index in [0.29, 0.717) is 32.4 Å². The monoisotopic (exact) mass is 470 g/mol. The minimum atomic E-state index is -1.18. The maximum atomic E-state index is 14.1. The molecule has 34 heavy (non-hydrogen) atoms. The molecule has 8 heteroatoms. The molecule has 1 spiro atoms. The molecular weight excluding hydrogens is 436 g/mol. The smallest absolute Gasteiger partial charge is 0.310 e. The molecule has 1 aromatic rings. The van der Waals surface area contributed by atoms with E-state index in [2.05, 4.69) is 6.58 Å². The number of carboxylic acids is 1. The fourth-order valence-corrected chi connectivity index (χ4v) is 6.39. The Balaban J connectivity index is 1.75. The van der Waals surface area contributed by atoms with Crippen LogP contribution in [0.15, 0.2) is 43.0 Å². The highest BCUT2D eigenvalue weighted by molar-refractivity contribution is 5.98. The summed E-state index contributed by atoms with van der Waals surface area (Å²) in [6.07, 6.45) is 3.10. The molecule has 0 aromatic heterocycles. The number of nitrogens with zero attached hydrogens (tertiary/aromatic N) is 2. The van der Waals surface area contributed by atoms with Crippen molar-refractivity contribution in [1.29, 1.82) is 0 Å². The van der Waals surface area contributed by atoms with E-state index in [0.717, 1.165) is 5.56 Å². The second kappa shape index (κ2) is 9.15. The molecule has 2 bridgehead atoms. The van der Waals surface area contributed by atoms with E-state index in [-0.39, 0.29) is 30.9 Å². The van der Waals surface area contributed by atoms with Crippen LogP contribution in [0.1, 0.15) is 38.7 Å². The molecule has 0 radical (unpaired) electrons. The van der Waals surface area contributed by atoms with Gasteiger partial charge >= 0.3 is 5.97 Å². The lowest BCUT2D eigenvalue weighted by Crippen LogP contribution is -2.56. The summed E-state index contributed by atoms with van der Waals surface area (Å²) in [6, 6.07) is 8.67. The molecule has 0 saturated carbocycles. The summed E-state index contributed by atoms with van der Waals surface area (Å²) in [7, 11) is 0. The highest BCUT2D eigenvalue weighted by Gasteiger charge is 2.80. The Hall–Kier alpha value is -2.71. The summed E-state index contributed by atoms with van der Waals surface area (Å²) in [4.78, 5) is 43.4. The van der Waals surface area contributed by atoms with Gasteiger partial charge in [0, 0.05) is 26.2 Å². The van der Waals surface area contributed by atoms with Crippen molar-refractivity contribution >= 4 is 17.8 Å². The zero-order valence-electron chi connectivity index (χ0n) is 19.9. The summed E-state index contributed by atoms with van der Waals surface area (Å²) in [6.45, 7) is 8.39. The third-order valence-electron chi connectivity index (χ3n) is 8.00. The average molecular weight is 471 g/mol. The van der Waals surface area contributed by atoms with Gasteiger partial charge in [0.1, 0.15) is 17.6 Å². The number of fused-ring (bicyclic) bond motifs is 1. The van der Waals surface area contributed by atoms with E-state index in [1.165, 1.54) is 4.90 Å². The Bertz CT molecular complexity index is 967. The maximum absolute atomic E-state index is 14.1. The van der Waals surface area contributed by atoms with Gasteiger partial charge in [-0.2, -0.15) is 0 Å². The number of aliphatic hydroxyl groups is 1. The Morgan fingerprint density at radius 1 is 1.29 bits per heavy atom. The molecule has 2 amide bonds. The van der Waals surface area contributed by atoms with E-state index >= 15 is 0 Å². The number of amides is 2. The highest BCUT2D eigenvalue weighted by atomic mass is 16.5. The SMILES string of the molecule is C=CCN(Cc1ccccc1)C(=O)C1N(CCCCO)C(=O)[C@@H]2[C@@H](C(=O)O)[C@]3(C)OC12CC3C. The minimum absolute atomic E-state index is 0.0187. The lowest BCUT2D eigenvalue weighted by molar-refractivity contribution is -0.158. The number of likely N-dealkylation sites (tertiary alicyclic amines) is 1. The zero-order chi connectivity index (χ0) is 24.7. The number of hydrogen-bond acceptors (Lipinski definition) is 5. The van der Waals surface area contributed by atoms with Crippen molar-refractivity contribution in [3.05, 3.63) is 48.6 Å². The molecule has 3 heterocycles. The predicted molar refractivity (Wildman–Crippen MR) is 124 cm³/mol. The second-order valence-corrected chi connectivity index (χ2v) is 10.00. The van der Waals surface area contributed by atoms with Gasteiger partial charge in [0.15, 0.2) is 0 Å². The number of unbranched alkanes of at least 4 members (excludes halogenated alkanes) is 1. The van der Waals surface area contributed by atoms with Crippen LogP contribution in [0.5, 0.6) is 0 Å². The van der Waals surface area contributed by atoms with Gasteiger partial charge in [0.05, 0.1) is 11.5 Å². The first-order valence-electron chi connectivity index (χ1n) is 12.0. The van der Waals surface area contributed by atoms with E-state index in [9.17, 15) is 24.6 Å². The van der Waals surface area contributed by atoms with Gasteiger partial charge < -0.3 is 24.7 Å². The number of carbonyl (C=O) groups excluding carboxylic acids is 2. The summed E-state index contributed by atoms with van der Waals surface area (Å²) in [5.74, 6) is -3.69. The summed E-state index contributed by atoms with van der Waals surface area (Å²) < 4.78 is 6.51. The van der Waals surface area contributed by atoms with Crippen molar-refractivity contribution in [3.8, 4) is 0 Å². The van der Waals surface area contributed by atoms with Crippen molar-refractivity contribution in [2.75, 3.05) is 19.7 Å². The topological polar surface area (TPSA) is 107 Å². The summed E-state index contributed by atoms with van der Waals surface area (Å²) >= 11 is 0. The average Bonchev–Trinajstić information content (AvgIpc) is 3.31. The van der Waals surface area contributed by atoms with Crippen LogP contribution in [0.2, 0.25) is 0 Å². The van der Waals surface area contributed by atoms with E-state index in [4.69, 9.17) is 4.74 Å². The molecule has 3 aliphatic rings. The Labute approximate surface area is 200 Å². The van der Waals surface area contributed by atoms with Crippen molar-refractivity contribution in [3.63, 3.8) is 0 Å². The highest BCUT2D eigenvalue weighted by Crippen LogP contribution is 2.65. The number of aliphatic carboxylic acids is 1. The first kappa shape index (κ1) is 24.4. The Morgan fingerprint density at radius 2 is 2.00 bits per heavy atom.